The highest BCUT2D eigenvalue weighted by Crippen LogP contribution is 2.05. The zero-order valence-electron chi connectivity index (χ0n) is 6.67. The lowest BCUT2D eigenvalue weighted by atomic mass is 10.2. The van der Waals surface area contributed by atoms with Gasteiger partial charge < -0.3 is 10.4 Å². The Kier molecular flexibility index (Phi) is 2.65. The summed E-state index contributed by atoms with van der Waals surface area (Å²) < 4.78 is 0. The zero-order chi connectivity index (χ0) is 7.56. The fraction of sp³-hybridized carbons (Fsp3) is 1.00. The molecule has 1 rings (SSSR count). The van der Waals surface area contributed by atoms with Crippen LogP contribution in [-0.2, 0) is 0 Å². The number of nitrogens with zero attached hydrogens (tertiary/aromatic N) is 1. The number of β-amino-alcohol motifs (C(OH)–C–C–N with tert-alkyl or cyclic N) is 1. The van der Waals surface area contributed by atoms with E-state index in [1.54, 1.807) is 0 Å². The molecule has 3 nitrogen and oxygen atoms in total. The normalized spacial score (nSPS) is 33.6. The number of aliphatic hydroxyl groups excluding tert-OH is 1. The Morgan fingerprint density at radius 1 is 1.60 bits per heavy atom. The van der Waals surface area contributed by atoms with Crippen LogP contribution < -0.4 is 5.32 Å². The van der Waals surface area contributed by atoms with E-state index in [1.807, 2.05) is 7.05 Å². The summed E-state index contributed by atoms with van der Waals surface area (Å²) in [6.07, 6.45) is -0.176. The van der Waals surface area contributed by atoms with E-state index in [1.165, 1.54) is 0 Å². The molecule has 0 aromatic rings. The van der Waals surface area contributed by atoms with Crippen molar-refractivity contribution in [2.45, 2.75) is 19.1 Å². The first kappa shape index (κ1) is 7.98. The first-order chi connectivity index (χ1) is 4.75. The molecule has 0 unspecified atom stereocenters. The van der Waals surface area contributed by atoms with Crippen LogP contribution in [0.1, 0.15) is 6.92 Å². The summed E-state index contributed by atoms with van der Waals surface area (Å²) in [5.74, 6) is 0. The number of likely N-dealkylation sites (N-methyl/N-ethyl adjacent to an activating group) is 1. The van der Waals surface area contributed by atoms with Gasteiger partial charge in [0.1, 0.15) is 0 Å². The minimum atomic E-state index is -0.176. The smallest absolute Gasteiger partial charge is 0.0831 e. The molecule has 0 aromatic carbocycles. The topological polar surface area (TPSA) is 35.5 Å². The van der Waals surface area contributed by atoms with Gasteiger partial charge in [0, 0.05) is 19.1 Å². The minimum absolute atomic E-state index is 0.176. The van der Waals surface area contributed by atoms with Gasteiger partial charge in [-0.25, -0.2) is 0 Å². The van der Waals surface area contributed by atoms with Crippen molar-refractivity contribution in [1.29, 1.82) is 0 Å². The first-order valence-electron chi connectivity index (χ1n) is 3.84. The lowest BCUT2D eigenvalue weighted by molar-refractivity contribution is 0.103. The second kappa shape index (κ2) is 3.32. The van der Waals surface area contributed by atoms with Crippen LogP contribution in [0, 0.1) is 0 Å². The maximum atomic E-state index is 9.39. The highest BCUT2D eigenvalue weighted by Gasteiger charge is 2.27. The van der Waals surface area contributed by atoms with E-state index >= 15 is 0 Å². The molecule has 1 aliphatic rings. The van der Waals surface area contributed by atoms with Crippen LogP contribution in [0.25, 0.3) is 0 Å². The van der Waals surface area contributed by atoms with Crippen molar-refractivity contribution < 1.29 is 5.11 Å². The van der Waals surface area contributed by atoms with Gasteiger partial charge in [-0.05, 0) is 13.6 Å². The lowest BCUT2D eigenvalue weighted by Crippen LogP contribution is -2.40. The minimum Gasteiger partial charge on any atom is -0.390 e. The molecular formula is C7H16N2O. The quantitative estimate of drug-likeness (QED) is 0.536. The molecular weight excluding hydrogens is 128 g/mol. The molecule has 10 heavy (non-hydrogen) atoms. The standard InChI is InChI=1S/C7H16N2O/c1-3-9(2)6-4-8-5-7(6)10/h6-8,10H,3-5H2,1-2H3/t6-,7+/m1/s1. The third-order valence-electron chi connectivity index (χ3n) is 2.22. The molecule has 3 heteroatoms. The van der Waals surface area contributed by atoms with Gasteiger partial charge in [-0.2, -0.15) is 0 Å². The van der Waals surface area contributed by atoms with Crippen molar-refractivity contribution in [3.8, 4) is 0 Å². The predicted octanol–water partition coefficient (Wildman–Crippen LogP) is -0.729. The van der Waals surface area contributed by atoms with Crippen molar-refractivity contribution in [1.82, 2.24) is 10.2 Å². The Morgan fingerprint density at radius 2 is 2.30 bits per heavy atom. The predicted molar refractivity (Wildman–Crippen MR) is 41.0 cm³/mol. The second-order valence-electron chi connectivity index (χ2n) is 2.87. The van der Waals surface area contributed by atoms with Crippen LogP contribution in [0.2, 0.25) is 0 Å². The van der Waals surface area contributed by atoms with Crippen molar-refractivity contribution in [3.05, 3.63) is 0 Å². The summed E-state index contributed by atoms with van der Waals surface area (Å²) in [5, 5.41) is 12.5. The Hall–Kier alpha value is -0.120. The molecule has 1 aliphatic heterocycles. The van der Waals surface area contributed by atoms with Gasteiger partial charge in [-0.15, -0.1) is 0 Å². The largest absolute Gasteiger partial charge is 0.390 e. The summed E-state index contributed by atoms with van der Waals surface area (Å²) in [6.45, 7) is 4.77. The van der Waals surface area contributed by atoms with E-state index in [0.29, 0.717) is 6.04 Å². The molecule has 2 N–H and O–H groups in total. The molecule has 60 valence electrons. The fourth-order valence-electron chi connectivity index (χ4n) is 1.34. The average Bonchev–Trinajstić information content (AvgIpc) is 2.34. The molecule has 0 aromatic heterocycles. The molecule has 0 radical (unpaired) electrons. The van der Waals surface area contributed by atoms with Gasteiger partial charge >= 0.3 is 0 Å². The molecule has 0 spiro atoms. The number of nitrogens with one attached hydrogen (secondary N) is 1. The molecule has 1 saturated heterocycles. The summed E-state index contributed by atoms with van der Waals surface area (Å²) in [4.78, 5) is 2.17. The first-order valence-corrected chi connectivity index (χ1v) is 3.84. The van der Waals surface area contributed by atoms with Crippen molar-refractivity contribution in [2.24, 2.45) is 0 Å². The van der Waals surface area contributed by atoms with Crippen LogP contribution in [0.4, 0.5) is 0 Å². The van der Waals surface area contributed by atoms with Gasteiger partial charge in [0.15, 0.2) is 0 Å². The molecule has 2 atom stereocenters. The van der Waals surface area contributed by atoms with Gasteiger partial charge in [0.25, 0.3) is 0 Å². The van der Waals surface area contributed by atoms with Gasteiger partial charge in [-0.3, -0.25) is 4.90 Å². The van der Waals surface area contributed by atoms with Crippen LogP contribution in [-0.4, -0.2) is 48.8 Å². The van der Waals surface area contributed by atoms with Gasteiger partial charge in [0.2, 0.25) is 0 Å². The molecule has 0 aliphatic carbocycles. The van der Waals surface area contributed by atoms with Crippen molar-refractivity contribution >= 4 is 0 Å². The molecule has 1 fully saturated rings. The van der Waals surface area contributed by atoms with Crippen LogP contribution >= 0.6 is 0 Å². The number of hydrogen-bond donors (Lipinski definition) is 2. The number of hydrogen-bond acceptors (Lipinski definition) is 3. The molecule has 1 heterocycles. The average molecular weight is 144 g/mol. The van der Waals surface area contributed by atoms with E-state index < -0.39 is 0 Å². The third-order valence-corrected chi connectivity index (χ3v) is 2.22. The maximum Gasteiger partial charge on any atom is 0.0831 e. The van der Waals surface area contributed by atoms with E-state index in [-0.39, 0.29) is 6.10 Å². The highest BCUT2D eigenvalue weighted by molar-refractivity contribution is 4.86. The van der Waals surface area contributed by atoms with Crippen LogP contribution in [0.5, 0.6) is 0 Å². The maximum absolute atomic E-state index is 9.39. The van der Waals surface area contributed by atoms with Crippen LogP contribution in [0.3, 0.4) is 0 Å². The van der Waals surface area contributed by atoms with E-state index in [9.17, 15) is 5.11 Å². The summed E-state index contributed by atoms with van der Waals surface area (Å²) in [7, 11) is 2.04. The van der Waals surface area contributed by atoms with E-state index in [2.05, 4.69) is 17.1 Å². The van der Waals surface area contributed by atoms with E-state index in [4.69, 9.17) is 0 Å². The lowest BCUT2D eigenvalue weighted by Gasteiger charge is -2.24. The number of aliphatic hydroxyl groups is 1. The summed E-state index contributed by atoms with van der Waals surface area (Å²) in [6, 6.07) is 0.324. The van der Waals surface area contributed by atoms with Crippen LogP contribution in [0.15, 0.2) is 0 Å². The van der Waals surface area contributed by atoms with Crippen molar-refractivity contribution in [2.75, 3.05) is 26.7 Å². The second-order valence-corrected chi connectivity index (χ2v) is 2.87. The third kappa shape index (κ3) is 1.48. The SMILES string of the molecule is CCN(C)[C@@H]1CNC[C@@H]1O. The molecule has 0 saturated carbocycles. The van der Waals surface area contributed by atoms with Crippen molar-refractivity contribution in [3.63, 3.8) is 0 Å². The number of rotatable bonds is 2. The molecule has 0 bridgehead atoms. The monoisotopic (exact) mass is 144 g/mol. The van der Waals surface area contributed by atoms with E-state index in [0.717, 1.165) is 19.6 Å². The summed E-state index contributed by atoms with van der Waals surface area (Å²) in [5.41, 5.74) is 0. The fourth-order valence-corrected chi connectivity index (χ4v) is 1.34. The van der Waals surface area contributed by atoms with Gasteiger partial charge in [-0.1, -0.05) is 6.92 Å². The zero-order valence-corrected chi connectivity index (χ0v) is 6.67. The Balaban J connectivity index is 2.38. The highest BCUT2D eigenvalue weighted by atomic mass is 16.3. The Labute approximate surface area is 62.0 Å². The Morgan fingerprint density at radius 3 is 2.70 bits per heavy atom. The summed E-state index contributed by atoms with van der Waals surface area (Å²) >= 11 is 0. The Bertz CT molecular complexity index is 108. The molecule has 0 amide bonds. The van der Waals surface area contributed by atoms with Gasteiger partial charge in [0.05, 0.1) is 6.10 Å².